The van der Waals surface area contributed by atoms with Crippen LogP contribution in [0.2, 0.25) is 0 Å². The highest BCUT2D eigenvalue weighted by Crippen LogP contribution is 2.21. The summed E-state index contributed by atoms with van der Waals surface area (Å²) >= 11 is 0. The monoisotopic (exact) mass is 214 g/mol. The van der Waals surface area contributed by atoms with Gasteiger partial charge >= 0.3 is 0 Å². The molecule has 0 aliphatic heterocycles. The van der Waals surface area contributed by atoms with Crippen LogP contribution in [0, 0.1) is 0 Å². The van der Waals surface area contributed by atoms with E-state index in [1.807, 2.05) is 13.1 Å². The molecule has 0 fully saturated rings. The van der Waals surface area contributed by atoms with Crippen LogP contribution in [0.1, 0.15) is 5.56 Å². The van der Waals surface area contributed by atoms with Crippen LogP contribution in [0.3, 0.4) is 0 Å². The summed E-state index contributed by atoms with van der Waals surface area (Å²) in [7, 11) is 1.99. The fourth-order valence-electron chi connectivity index (χ4n) is 2.07. The highest BCUT2D eigenvalue weighted by atomic mass is 14.9. The van der Waals surface area contributed by atoms with Crippen LogP contribution in [0.15, 0.2) is 43.1 Å². The zero-order valence-corrected chi connectivity index (χ0v) is 9.74. The van der Waals surface area contributed by atoms with E-state index in [-0.39, 0.29) is 0 Å². The summed E-state index contributed by atoms with van der Waals surface area (Å²) in [4.78, 5) is 0. The van der Waals surface area contributed by atoms with Crippen molar-refractivity contribution >= 4 is 10.9 Å². The van der Waals surface area contributed by atoms with Gasteiger partial charge in [-0.05, 0) is 31.6 Å². The number of aromatic nitrogens is 1. The summed E-state index contributed by atoms with van der Waals surface area (Å²) in [6.45, 7) is 5.69. The molecule has 2 heteroatoms. The number of nitrogens with one attached hydrogen (secondary N) is 1. The van der Waals surface area contributed by atoms with E-state index in [0.717, 1.165) is 19.5 Å². The number of hydrogen-bond acceptors (Lipinski definition) is 1. The Hall–Kier alpha value is -1.54. The Morgan fingerprint density at radius 1 is 1.38 bits per heavy atom. The minimum Gasteiger partial charge on any atom is -0.343 e. The van der Waals surface area contributed by atoms with Gasteiger partial charge in [0.2, 0.25) is 0 Å². The van der Waals surface area contributed by atoms with Gasteiger partial charge in [0.05, 0.1) is 0 Å². The summed E-state index contributed by atoms with van der Waals surface area (Å²) in [6.07, 6.45) is 5.25. The molecule has 0 spiro atoms. The van der Waals surface area contributed by atoms with Crippen LogP contribution in [0.25, 0.3) is 10.9 Å². The fourth-order valence-corrected chi connectivity index (χ4v) is 2.07. The normalized spacial score (nSPS) is 10.8. The first-order valence-electron chi connectivity index (χ1n) is 5.69. The van der Waals surface area contributed by atoms with Gasteiger partial charge in [-0.1, -0.05) is 24.3 Å². The maximum Gasteiger partial charge on any atom is 0.0486 e. The zero-order chi connectivity index (χ0) is 11.4. The Morgan fingerprint density at radius 3 is 2.94 bits per heavy atom. The summed E-state index contributed by atoms with van der Waals surface area (Å²) in [5, 5.41) is 4.55. The van der Waals surface area contributed by atoms with Crippen molar-refractivity contribution in [3.63, 3.8) is 0 Å². The molecule has 1 aromatic carbocycles. The third kappa shape index (κ3) is 2.02. The predicted molar refractivity (Wildman–Crippen MR) is 69.8 cm³/mol. The summed E-state index contributed by atoms with van der Waals surface area (Å²) < 4.78 is 2.26. The van der Waals surface area contributed by atoms with E-state index in [2.05, 4.69) is 46.9 Å². The Kier molecular flexibility index (Phi) is 3.42. The maximum atomic E-state index is 3.80. The van der Waals surface area contributed by atoms with E-state index in [4.69, 9.17) is 0 Å². The topological polar surface area (TPSA) is 17.0 Å². The quantitative estimate of drug-likeness (QED) is 0.757. The van der Waals surface area contributed by atoms with E-state index in [9.17, 15) is 0 Å². The van der Waals surface area contributed by atoms with Crippen molar-refractivity contribution in [1.29, 1.82) is 0 Å². The van der Waals surface area contributed by atoms with Crippen molar-refractivity contribution in [3.8, 4) is 0 Å². The lowest BCUT2D eigenvalue weighted by Gasteiger charge is -1.99. The molecule has 0 saturated carbocycles. The molecule has 16 heavy (non-hydrogen) atoms. The summed E-state index contributed by atoms with van der Waals surface area (Å²) in [5.41, 5.74) is 2.71. The third-order valence-corrected chi connectivity index (χ3v) is 2.84. The Morgan fingerprint density at radius 2 is 2.19 bits per heavy atom. The lowest BCUT2D eigenvalue weighted by Crippen LogP contribution is -2.09. The van der Waals surface area contributed by atoms with E-state index in [0.29, 0.717) is 0 Å². The molecule has 1 N–H and O–H groups in total. The minimum absolute atomic E-state index is 0.875. The number of nitrogens with zero attached hydrogens (tertiary/aromatic N) is 1. The van der Waals surface area contributed by atoms with Crippen molar-refractivity contribution in [3.05, 3.63) is 48.7 Å². The van der Waals surface area contributed by atoms with Crippen molar-refractivity contribution in [1.82, 2.24) is 9.88 Å². The van der Waals surface area contributed by atoms with Crippen LogP contribution >= 0.6 is 0 Å². The molecule has 2 rings (SSSR count). The zero-order valence-electron chi connectivity index (χ0n) is 9.74. The molecule has 0 bridgehead atoms. The molecule has 84 valence electrons. The maximum absolute atomic E-state index is 3.80. The summed E-state index contributed by atoms with van der Waals surface area (Å²) in [5.74, 6) is 0. The molecule has 0 aliphatic carbocycles. The van der Waals surface area contributed by atoms with Gasteiger partial charge in [0.25, 0.3) is 0 Å². The summed E-state index contributed by atoms with van der Waals surface area (Å²) in [6, 6.07) is 8.55. The smallest absolute Gasteiger partial charge is 0.0486 e. The van der Waals surface area contributed by atoms with Gasteiger partial charge in [0, 0.05) is 23.6 Å². The van der Waals surface area contributed by atoms with E-state index in [1.165, 1.54) is 16.5 Å². The Bertz CT molecular complexity index is 482. The molecule has 0 atom stereocenters. The number of likely N-dealkylation sites (N-methyl/N-ethyl adjacent to an activating group) is 1. The molecule has 2 aromatic rings. The standard InChI is InChI=1S/C14H18N2/c1-3-10-16-11-12(8-9-15-2)13-6-4-5-7-14(13)16/h3-7,11,15H,1,8-10H2,2H3. The molecule has 0 aliphatic rings. The second kappa shape index (κ2) is 4.99. The number of fused-ring (bicyclic) bond motifs is 1. The van der Waals surface area contributed by atoms with Gasteiger partial charge < -0.3 is 9.88 Å². The largest absolute Gasteiger partial charge is 0.343 e. The van der Waals surface area contributed by atoms with Gasteiger partial charge in [0.1, 0.15) is 0 Å². The van der Waals surface area contributed by atoms with Gasteiger partial charge in [-0.15, -0.1) is 6.58 Å². The average Bonchev–Trinajstić information content (AvgIpc) is 2.66. The van der Waals surface area contributed by atoms with E-state index in [1.54, 1.807) is 0 Å². The van der Waals surface area contributed by atoms with Crippen molar-refractivity contribution in [2.75, 3.05) is 13.6 Å². The molecular weight excluding hydrogens is 196 g/mol. The first-order chi connectivity index (χ1) is 7.86. The van der Waals surface area contributed by atoms with Crippen molar-refractivity contribution in [2.24, 2.45) is 0 Å². The van der Waals surface area contributed by atoms with Crippen LogP contribution in [0.4, 0.5) is 0 Å². The lowest BCUT2D eigenvalue weighted by atomic mass is 10.1. The molecule has 0 saturated heterocycles. The molecule has 2 nitrogen and oxygen atoms in total. The Balaban J connectivity index is 2.44. The first kappa shape index (κ1) is 11.0. The molecule has 1 heterocycles. The first-order valence-corrected chi connectivity index (χ1v) is 5.69. The van der Waals surface area contributed by atoms with Gasteiger partial charge in [-0.25, -0.2) is 0 Å². The van der Waals surface area contributed by atoms with Crippen LogP contribution in [-0.4, -0.2) is 18.2 Å². The number of rotatable bonds is 5. The van der Waals surface area contributed by atoms with Gasteiger partial charge in [-0.3, -0.25) is 0 Å². The number of para-hydroxylation sites is 1. The van der Waals surface area contributed by atoms with Crippen LogP contribution in [0.5, 0.6) is 0 Å². The highest BCUT2D eigenvalue weighted by molar-refractivity contribution is 5.84. The number of benzene rings is 1. The predicted octanol–water partition coefficient (Wildman–Crippen LogP) is 2.59. The fraction of sp³-hybridized carbons (Fsp3) is 0.286. The van der Waals surface area contributed by atoms with Gasteiger partial charge in [0.15, 0.2) is 0 Å². The molecular formula is C14H18N2. The third-order valence-electron chi connectivity index (χ3n) is 2.84. The van der Waals surface area contributed by atoms with Gasteiger partial charge in [-0.2, -0.15) is 0 Å². The lowest BCUT2D eigenvalue weighted by molar-refractivity contribution is 0.786. The second-order valence-electron chi connectivity index (χ2n) is 3.97. The SMILES string of the molecule is C=CCn1cc(CCNC)c2ccccc21. The molecule has 0 amide bonds. The second-order valence-corrected chi connectivity index (χ2v) is 3.97. The van der Waals surface area contributed by atoms with Crippen LogP contribution in [-0.2, 0) is 13.0 Å². The van der Waals surface area contributed by atoms with E-state index < -0.39 is 0 Å². The Labute approximate surface area is 96.6 Å². The van der Waals surface area contributed by atoms with Crippen molar-refractivity contribution in [2.45, 2.75) is 13.0 Å². The molecule has 1 aromatic heterocycles. The minimum atomic E-state index is 0.875. The van der Waals surface area contributed by atoms with E-state index >= 15 is 0 Å². The average molecular weight is 214 g/mol. The molecule has 0 radical (unpaired) electrons. The molecule has 0 unspecified atom stereocenters. The van der Waals surface area contributed by atoms with Crippen molar-refractivity contribution < 1.29 is 0 Å². The number of hydrogen-bond donors (Lipinski definition) is 1. The number of allylic oxidation sites excluding steroid dienone is 1. The highest BCUT2D eigenvalue weighted by Gasteiger charge is 2.06. The van der Waals surface area contributed by atoms with Crippen LogP contribution < -0.4 is 5.32 Å².